The Morgan fingerprint density at radius 1 is 1.35 bits per heavy atom. The van der Waals surface area contributed by atoms with Gasteiger partial charge in [-0.05, 0) is 36.0 Å². The van der Waals surface area contributed by atoms with Crippen molar-refractivity contribution in [1.82, 2.24) is 0 Å². The molecule has 1 aromatic rings. The number of aliphatic hydroxyl groups excluding tert-OH is 1. The summed E-state index contributed by atoms with van der Waals surface area (Å²) in [7, 11) is 1.70. The van der Waals surface area contributed by atoms with Gasteiger partial charge in [0, 0.05) is 13.6 Å². The van der Waals surface area contributed by atoms with E-state index in [1.165, 1.54) is 12.1 Å². The number of benzene rings is 1. The molecule has 1 aliphatic carbocycles. The first-order valence-electron chi connectivity index (χ1n) is 5.82. The van der Waals surface area contributed by atoms with Crippen LogP contribution in [0, 0.1) is 23.5 Å². The van der Waals surface area contributed by atoms with Crippen LogP contribution in [0.1, 0.15) is 18.9 Å². The molecule has 0 radical (unpaired) electrons. The smallest absolute Gasteiger partial charge is 0.149 e. The molecule has 1 aromatic carbocycles. The normalized spacial score (nSPS) is 22.6. The molecule has 1 N–H and O–H groups in total. The Morgan fingerprint density at radius 2 is 1.88 bits per heavy atom. The van der Waals surface area contributed by atoms with Crippen molar-refractivity contribution >= 4 is 5.69 Å². The number of nitrogens with zero attached hydrogens (tertiary/aromatic N) is 1. The number of hydrogen-bond acceptors (Lipinski definition) is 2. The molecule has 0 bridgehead atoms. The number of anilines is 1. The Kier molecular flexibility index (Phi) is 3.33. The van der Waals surface area contributed by atoms with Crippen LogP contribution in [-0.4, -0.2) is 18.7 Å². The highest BCUT2D eigenvalue weighted by molar-refractivity contribution is 5.50. The summed E-state index contributed by atoms with van der Waals surface area (Å²) in [5.41, 5.74) is 0.262. The molecule has 0 saturated heterocycles. The number of rotatable bonds is 4. The summed E-state index contributed by atoms with van der Waals surface area (Å²) in [5.74, 6) is -0.0219. The molecule has 2 unspecified atom stereocenters. The van der Waals surface area contributed by atoms with Crippen LogP contribution in [-0.2, 0) is 6.61 Å². The molecule has 2 nitrogen and oxygen atoms in total. The molecule has 17 heavy (non-hydrogen) atoms. The van der Waals surface area contributed by atoms with Gasteiger partial charge in [0.05, 0.1) is 6.61 Å². The topological polar surface area (TPSA) is 23.5 Å². The van der Waals surface area contributed by atoms with Crippen molar-refractivity contribution in [2.75, 3.05) is 18.5 Å². The van der Waals surface area contributed by atoms with Gasteiger partial charge in [-0.15, -0.1) is 0 Å². The predicted molar refractivity (Wildman–Crippen MR) is 62.8 cm³/mol. The van der Waals surface area contributed by atoms with Crippen LogP contribution in [0.25, 0.3) is 0 Å². The van der Waals surface area contributed by atoms with Crippen molar-refractivity contribution in [1.29, 1.82) is 0 Å². The van der Waals surface area contributed by atoms with E-state index in [2.05, 4.69) is 6.92 Å². The van der Waals surface area contributed by atoms with Gasteiger partial charge < -0.3 is 10.0 Å². The molecule has 2 rings (SSSR count). The van der Waals surface area contributed by atoms with Crippen LogP contribution in [0.4, 0.5) is 14.5 Å². The summed E-state index contributed by atoms with van der Waals surface area (Å²) in [5, 5.41) is 8.86. The maximum Gasteiger partial charge on any atom is 0.149 e. The van der Waals surface area contributed by atoms with Crippen molar-refractivity contribution in [3.63, 3.8) is 0 Å². The monoisotopic (exact) mass is 241 g/mol. The van der Waals surface area contributed by atoms with Crippen LogP contribution in [0.3, 0.4) is 0 Å². The van der Waals surface area contributed by atoms with E-state index in [0.717, 1.165) is 6.42 Å². The van der Waals surface area contributed by atoms with Gasteiger partial charge in [-0.2, -0.15) is 0 Å². The van der Waals surface area contributed by atoms with E-state index in [1.54, 1.807) is 11.9 Å². The molecule has 0 amide bonds. The molecule has 0 aliphatic heterocycles. The maximum absolute atomic E-state index is 13.7. The minimum absolute atomic E-state index is 0.00120. The van der Waals surface area contributed by atoms with Crippen LogP contribution >= 0.6 is 0 Å². The molecule has 1 saturated carbocycles. The number of halogens is 2. The zero-order chi connectivity index (χ0) is 12.6. The van der Waals surface area contributed by atoms with E-state index in [9.17, 15) is 8.78 Å². The highest BCUT2D eigenvalue weighted by Crippen LogP contribution is 2.39. The van der Waals surface area contributed by atoms with Crippen molar-refractivity contribution in [3.8, 4) is 0 Å². The van der Waals surface area contributed by atoms with Gasteiger partial charge in [0.15, 0.2) is 0 Å². The summed E-state index contributed by atoms with van der Waals surface area (Å²) < 4.78 is 27.4. The molecule has 2 atom stereocenters. The Morgan fingerprint density at radius 3 is 2.29 bits per heavy atom. The van der Waals surface area contributed by atoms with Gasteiger partial charge in [0.2, 0.25) is 0 Å². The largest absolute Gasteiger partial charge is 0.392 e. The molecular formula is C13H17F2NO. The fraction of sp³-hybridized carbons (Fsp3) is 0.538. The maximum atomic E-state index is 13.7. The second-order valence-corrected chi connectivity index (χ2v) is 4.92. The third-order valence-corrected chi connectivity index (χ3v) is 3.43. The lowest BCUT2D eigenvalue weighted by atomic mass is 10.1. The van der Waals surface area contributed by atoms with Gasteiger partial charge in [0.25, 0.3) is 0 Å². The lowest BCUT2D eigenvalue weighted by Gasteiger charge is -2.21. The van der Waals surface area contributed by atoms with Crippen LogP contribution in [0.5, 0.6) is 0 Å². The van der Waals surface area contributed by atoms with E-state index < -0.39 is 11.6 Å². The fourth-order valence-corrected chi connectivity index (χ4v) is 2.17. The Bertz CT molecular complexity index is 399. The van der Waals surface area contributed by atoms with Crippen molar-refractivity contribution in [2.45, 2.75) is 20.0 Å². The molecule has 1 aliphatic rings. The fourth-order valence-electron chi connectivity index (χ4n) is 2.17. The van der Waals surface area contributed by atoms with Gasteiger partial charge in [-0.1, -0.05) is 6.92 Å². The Hall–Kier alpha value is -1.16. The minimum atomic E-state index is -0.607. The lowest BCUT2D eigenvalue weighted by Crippen LogP contribution is -2.23. The molecule has 1 fully saturated rings. The third-order valence-electron chi connectivity index (χ3n) is 3.43. The van der Waals surface area contributed by atoms with Crippen LogP contribution in [0.2, 0.25) is 0 Å². The van der Waals surface area contributed by atoms with Gasteiger partial charge in [-0.3, -0.25) is 0 Å². The quantitative estimate of drug-likeness (QED) is 0.875. The van der Waals surface area contributed by atoms with E-state index in [4.69, 9.17) is 5.11 Å². The summed E-state index contributed by atoms with van der Waals surface area (Å²) >= 11 is 0. The van der Waals surface area contributed by atoms with Crippen molar-refractivity contribution in [2.24, 2.45) is 11.8 Å². The van der Waals surface area contributed by atoms with Crippen molar-refractivity contribution < 1.29 is 13.9 Å². The summed E-state index contributed by atoms with van der Waals surface area (Å²) in [6, 6.07) is 2.37. The summed E-state index contributed by atoms with van der Waals surface area (Å²) in [6.45, 7) is 2.46. The Labute approximate surface area is 99.9 Å². The number of hydrogen-bond donors (Lipinski definition) is 1. The zero-order valence-corrected chi connectivity index (χ0v) is 10.1. The molecular weight excluding hydrogens is 224 g/mol. The second-order valence-electron chi connectivity index (χ2n) is 4.92. The highest BCUT2D eigenvalue weighted by atomic mass is 19.1. The first-order valence-corrected chi connectivity index (χ1v) is 5.82. The Balaban J connectivity index is 2.19. The molecule has 0 spiro atoms. The second kappa shape index (κ2) is 4.61. The van der Waals surface area contributed by atoms with E-state index >= 15 is 0 Å². The zero-order valence-electron chi connectivity index (χ0n) is 10.1. The summed E-state index contributed by atoms with van der Waals surface area (Å²) in [6.07, 6.45) is 1.13. The van der Waals surface area contributed by atoms with Gasteiger partial charge in [-0.25, -0.2) is 8.78 Å². The average molecular weight is 241 g/mol. The standard InChI is InChI=1S/C13H17F2NO/c1-8-3-10(8)6-16(2)13-11(14)4-9(7-17)5-12(13)15/h4-5,8,10,17H,3,6-7H2,1-2H3. The minimum Gasteiger partial charge on any atom is -0.392 e. The highest BCUT2D eigenvalue weighted by Gasteiger charge is 2.34. The first-order chi connectivity index (χ1) is 8.02. The van der Waals surface area contributed by atoms with Crippen molar-refractivity contribution in [3.05, 3.63) is 29.3 Å². The number of aliphatic hydroxyl groups is 1. The van der Waals surface area contributed by atoms with Gasteiger partial charge in [0.1, 0.15) is 17.3 Å². The van der Waals surface area contributed by atoms with Crippen LogP contribution in [0.15, 0.2) is 12.1 Å². The van der Waals surface area contributed by atoms with Gasteiger partial charge >= 0.3 is 0 Å². The molecule has 0 aromatic heterocycles. The first kappa shape index (κ1) is 12.3. The lowest BCUT2D eigenvalue weighted by molar-refractivity contribution is 0.280. The molecule has 0 heterocycles. The predicted octanol–water partition coefficient (Wildman–Crippen LogP) is 2.55. The van der Waals surface area contributed by atoms with E-state index in [-0.39, 0.29) is 17.9 Å². The third kappa shape index (κ3) is 2.57. The summed E-state index contributed by atoms with van der Waals surface area (Å²) in [4.78, 5) is 1.62. The van der Waals surface area contributed by atoms with E-state index in [0.29, 0.717) is 18.4 Å². The van der Waals surface area contributed by atoms with E-state index in [1.807, 2.05) is 0 Å². The molecule has 4 heteroatoms. The molecule has 94 valence electrons. The average Bonchev–Trinajstić information content (AvgIpc) is 2.92. The SMILES string of the molecule is CC1CC1CN(C)c1c(F)cc(CO)cc1F. The van der Waals surface area contributed by atoms with Crippen LogP contribution < -0.4 is 4.90 Å².